The van der Waals surface area contributed by atoms with Crippen LogP contribution >= 0.6 is 0 Å². The summed E-state index contributed by atoms with van der Waals surface area (Å²) in [5.74, 6) is 0.272. The number of carbonyl (C=O) groups is 1. The first-order valence-corrected chi connectivity index (χ1v) is 11.7. The van der Waals surface area contributed by atoms with E-state index in [-0.39, 0.29) is 22.9 Å². The highest BCUT2D eigenvalue weighted by Crippen LogP contribution is 2.20. The Morgan fingerprint density at radius 3 is 2.45 bits per heavy atom. The van der Waals surface area contributed by atoms with E-state index < -0.39 is 10.0 Å². The predicted octanol–water partition coefficient (Wildman–Crippen LogP) is 4.36. The van der Waals surface area contributed by atoms with E-state index in [1.807, 2.05) is 12.1 Å². The van der Waals surface area contributed by atoms with Crippen molar-refractivity contribution in [1.29, 1.82) is 0 Å². The Balaban J connectivity index is 1.73. The van der Waals surface area contributed by atoms with Crippen LogP contribution in [0.5, 0.6) is 0 Å². The van der Waals surface area contributed by atoms with Crippen LogP contribution < -0.4 is 10.0 Å². The number of anilines is 1. The molecule has 164 valence electrons. The minimum atomic E-state index is -3.84. The van der Waals surface area contributed by atoms with Crippen molar-refractivity contribution in [3.05, 3.63) is 76.7 Å². The SMILES string of the molecule is CCCCc1ccc(NS(=O)(=O)c2ccc(C)c(C(=O)NCc3cc(C)on3)c2)cc1. The molecule has 1 amide bonds. The van der Waals surface area contributed by atoms with Gasteiger partial charge in [0.05, 0.1) is 11.4 Å². The monoisotopic (exact) mass is 441 g/mol. The molecule has 1 aromatic heterocycles. The summed E-state index contributed by atoms with van der Waals surface area (Å²) in [7, 11) is -3.84. The molecule has 3 rings (SSSR count). The lowest BCUT2D eigenvalue weighted by molar-refractivity contribution is 0.0949. The van der Waals surface area contributed by atoms with Gasteiger partial charge in [-0.15, -0.1) is 0 Å². The van der Waals surface area contributed by atoms with E-state index in [1.54, 1.807) is 38.1 Å². The Morgan fingerprint density at radius 1 is 1.06 bits per heavy atom. The number of sulfonamides is 1. The molecule has 0 fully saturated rings. The Labute approximate surface area is 182 Å². The van der Waals surface area contributed by atoms with Crippen LogP contribution in [0.15, 0.2) is 57.9 Å². The minimum absolute atomic E-state index is 0.0237. The summed E-state index contributed by atoms with van der Waals surface area (Å²) < 4.78 is 33.3. The quantitative estimate of drug-likeness (QED) is 0.514. The Morgan fingerprint density at radius 2 is 1.81 bits per heavy atom. The summed E-state index contributed by atoms with van der Waals surface area (Å²) in [6.07, 6.45) is 3.17. The summed E-state index contributed by atoms with van der Waals surface area (Å²) in [6, 6.07) is 13.6. The number of hydrogen-bond donors (Lipinski definition) is 2. The number of nitrogens with one attached hydrogen (secondary N) is 2. The molecule has 0 saturated heterocycles. The molecule has 7 nitrogen and oxygen atoms in total. The van der Waals surface area contributed by atoms with Crippen LogP contribution in [0.4, 0.5) is 5.69 Å². The molecule has 0 bridgehead atoms. The second-order valence-corrected chi connectivity index (χ2v) is 9.18. The molecule has 2 aromatic carbocycles. The van der Waals surface area contributed by atoms with E-state index in [1.165, 1.54) is 17.7 Å². The van der Waals surface area contributed by atoms with Crippen molar-refractivity contribution in [3.8, 4) is 0 Å². The maximum atomic E-state index is 12.9. The first-order chi connectivity index (χ1) is 14.8. The number of rotatable bonds is 9. The first kappa shape index (κ1) is 22.6. The largest absolute Gasteiger partial charge is 0.361 e. The van der Waals surface area contributed by atoms with Crippen molar-refractivity contribution in [2.24, 2.45) is 0 Å². The molecule has 0 unspecified atom stereocenters. The molecule has 8 heteroatoms. The number of nitrogens with zero attached hydrogens (tertiary/aromatic N) is 1. The molecule has 0 aliphatic rings. The third-order valence-electron chi connectivity index (χ3n) is 4.90. The van der Waals surface area contributed by atoms with Gasteiger partial charge in [0.1, 0.15) is 11.5 Å². The maximum Gasteiger partial charge on any atom is 0.261 e. The Bertz CT molecular complexity index is 1150. The van der Waals surface area contributed by atoms with Gasteiger partial charge in [0.15, 0.2) is 0 Å². The van der Waals surface area contributed by atoms with E-state index in [2.05, 4.69) is 22.1 Å². The summed E-state index contributed by atoms with van der Waals surface area (Å²) in [4.78, 5) is 12.6. The third-order valence-corrected chi connectivity index (χ3v) is 6.27. The van der Waals surface area contributed by atoms with Gasteiger partial charge >= 0.3 is 0 Å². The van der Waals surface area contributed by atoms with Gasteiger partial charge in [0.25, 0.3) is 15.9 Å². The van der Waals surface area contributed by atoms with Crippen LogP contribution in [0, 0.1) is 13.8 Å². The molecule has 31 heavy (non-hydrogen) atoms. The molecule has 3 aromatic rings. The van der Waals surface area contributed by atoms with Gasteiger partial charge in [-0.3, -0.25) is 9.52 Å². The van der Waals surface area contributed by atoms with Crippen molar-refractivity contribution >= 4 is 21.6 Å². The molecule has 1 heterocycles. The average Bonchev–Trinajstić information content (AvgIpc) is 3.16. The van der Waals surface area contributed by atoms with Crippen LogP contribution in [0.2, 0.25) is 0 Å². The second kappa shape index (κ2) is 9.78. The molecular weight excluding hydrogens is 414 g/mol. The summed E-state index contributed by atoms with van der Waals surface area (Å²) >= 11 is 0. The maximum absolute atomic E-state index is 12.9. The standard InChI is InChI=1S/C23H27N3O4S/c1-4-5-6-18-8-10-19(11-9-18)26-31(28,29)21-12-7-16(2)22(14-21)23(27)24-15-20-13-17(3)30-25-20/h7-14,26H,4-6,15H2,1-3H3,(H,24,27). The van der Waals surface area contributed by atoms with Crippen molar-refractivity contribution in [2.75, 3.05) is 4.72 Å². The third kappa shape index (κ3) is 5.95. The van der Waals surface area contributed by atoms with Crippen LogP contribution in [-0.2, 0) is 23.0 Å². The zero-order valence-electron chi connectivity index (χ0n) is 17.9. The number of hydrogen-bond acceptors (Lipinski definition) is 5. The lowest BCUT2D eigenvalue weighted by Crippen LogP contribution is -2.24. The van der Waals surface area contributed by atoms with Crippen LogP contribution in [0.25, 0.3) is 0 Å². The fraction of sp³-hybridized carbons (Fsp3) is 0.304. The molecule has 0 spiro atoms. The van der Waals surface area contributed by atoms with Gasteiger partial charge < -0.3 is 9.84 Å². The minimum Gasteiger partial charge on any atom is -0.361 e. The van der Waals surface area contributed by atoms with Crippen molar-refractivity contribution in [3.63, 3.8) is 0 Å². The number of amides is 1. The van der Waals surface area contributed by atoms with Gasteiger partial charge in [-0.2, -0.15) is 0 Å². The smallest absolute Gasteiger partial charge is 0.261 e. The van der Waals surface area contributed by atoms with E-state index in [4.69, 9.17) is 4.52 Å². The zero-order valence-corrected chi connectivity index (χ0v) is 18.8. The highest BCUT2D eigenvalue weighted by molar-refractivity contribution is 7.92. The van der Waals surface area contributed by atoms with Gasteiger partial charge in [0, 0.05) is 17.3 Å². The topological polar surface area (TPSA) is 101 Å². The van der Waals surface area contributed by atoms with Gasteiger partial charge in [-0.25, -0.2) is 8.42 Å². The number of aryl methyl sites for hydroxylation is 3. The molecule has 0 saturated carbocycles. The summed E-state index contributed by atoms with van der Waals surface area (Å²) in [5, 5.41) is 6.58. The summed E-state index contributed by atoms with van der Waals surface area (Å²) in [6.45, 7) is 5.85. The zero-order chi connectivity index (χ0) is 22.4. The number of carbonyl (C=O) groups excluding carboxylic acids is 1. The first-order valence-electron chi connectivity index (χ1n) is 10.2. The summed E-state index contributed by atoms with van der Waals surface area (Å²) in [5.41, 5.74) is 3.21. The predicted molar refractivity (Wildman–Crippen MR) is 119 cm³/mol. The van der Waals surface area contributed by atoms with Crippen LogP contribution in [0.1, 0.15) is 52.7 Å². The van der Waals surface area contributed by atoms with Gasteiger partial charge in [-0.05, 0) is 62.1 Å². The van der Waals surface area contributed by atoms with Gasteiger partial charge in [-0.1, -0.05) is 36.7 Å². The van der Waals surface area contributed by atoms with Crippen LogP contribution in [-0.4, -0.2) is 19.5 Å². The normalized spacial score (nSPS) is 11.3. The fourth-order valence-electron chi connectivity index (χ4n) is 3.11. The molecule has 0 atom stereocenters. The highest BCUT2D eigenvalue weighted by atomic mass is 32.2. The molecule has 0 radical (unpaired) electrons. The van der Waals surface area contributed by atoms with Crippen molar-refractivity contribution < 1.29 is 17.7 Å². The lowest BCUT2D eigenvalue weighted by atomic mass is 10.1. The highest BCUT2D eigenvalue weighted by Gasteiger charge is 2.18. The second-order valence-electron chi connectivity index (χ2n) is 7.49. The lowest BCUT2D eigenvalue weighted by Gasteiger charge is -2.12. The average molecular weight is 442 g/mol. The molecular formula is C23H27N3O4S. The van der Waals surface area contributed by atoms with Crippen LogP contribution in [0.3, 0.4) is 0 Å². The number of aromatic nitrogens is 1. The van der Waals surface area contributed by atoms with Crippen molar-refractivity contribution in [2.45, 2.75) is 51.5 Å². The fourth-order valence-corrected chi connectivity index (χ4v) is 4.20. The van der Waals surface area contributed by atoms with E-state index in [0.29, 0.717) is 22.7 Å². The van der Waals surface area contributed by atoms with Crippen molar-refractivity contribution in [1.82, 2.24) is 10.5 Å². The van der Waals surface area contributed by atoms with Gasteiger partial charge in [0.2, 0.25) is 0 Å². The molecule has 0 aliphatic carbocycles. The Hall–Kier alpha value is -3.13. The molecule has 0 aliphatic heterocycles. The Kier molecular flexibility index (Phi) is 7.12. The number of benzene rings is 2. The van der Waals surface area contributed by atoms with E-state index in [0.717, 1.165) is 19.3 Å². The molecule has 2 N–H and O–H groups in total. The van der Waals surface area contributed by atoms with E-state index in [9.17, 15) is 13.2 Å². The number of unbranched alkanes of at least 4 members (excludes halogenated alkanes) is 1. The van der Waals surface area contributed by atoms with E-state index >= 15 is 0 Å².